The Morgan fingerprint density at radius 3 is 2.92 bits per heavy atom. The molecule has 0 aromatic heterocycles. The predicted octanol–water partition coefficient (Wildman–Crippen LogP) is 2.46. The number of aryl methyl sites for hydroxylation is 1. The zero-order valence-electron chi connectivity index (χ0n) is 6.42. The minimum absolute atomic E-state index is 0.743. The zero-order chi connectivity index (χ0) is 8.55. The van der Waals surface area contributed by atoms with Gasteiger partial charge in [0, 0.05) is 10.6 Å². The quantitative estimate of drug-likeness (QED) is 0.484. The first kappa shape index (κ1) is 7.62. The summed E-state index contributed by atoms with van der Waals surface area (Å²) >= 11 is 5.81. The molecule has 0 bridgehead atoms. The zero-order valence-corrected chi connectivity index (χ0v) is 7.17. The molecule has 0 aliphatic heterocycles. The van der Waals surface area contributed by atoms with E-state index in [-0.39, 0.29) is 0 Å². The van der Waals surface area contributed by atoms with Crippen molar-refractivity contribution in [2.24, 2.45) is 5.16 Å². The molecule has 0 radical (unpaired) electrons. The molecule has 0 spiro atoms. The van der Waals surface area contributed by atoms with Crippen LogP contribution in [0.2, 0.25) is 5.02 Å². The van der Waals surface area contributed by atoms with E-state index >= 15 is 0 Å². The summed E-state index contributed by atoms with van der Waals surface area (Å²) in [4.78, 5) is 0. The van der Waals surface area contributed by atoms with E-state index in [0.717, 1.165) is 29.1 Å². The van der Waals surface area contributed by atoms with Crippen molar-refractivity contribution in [1.82, 2.24) is 0 Å². The summed E-state index contributed by atoms with van der Waals surface area (Å²) in [5.41, 5.74) is 2.97. The van der Waals surface area contributed by atoms with Crippen LogP contribution in [0.5, 0.6) is 0 Å². The van der Waals surface area contributed by atoms with Crippen molar-refractivity contribution in [1.29, 1.82) is 0 Å². The highest BCUT2D eigenvalue weighted by molar-refractivity contribution is 6.30. The fourth-order valence-corrected chi connectivity index (χ4v) is 1.74. The molecule has 0 atom stereocenters. The van der Waals surface area contributed by atoms with Gasteiger partial charge < -0.3 is 5.21 Å². The Morgan fingerprint density at radius 2 is 2.17 bits per heavy atom. The highest BCUT2D eigenvalue weighted by Crippen LogP contribution is 2.25. The molecule has 1 aromatic carbocycles. The molecule has 1 aliphatic carbocycles. The van der Waals surface area contributed by atoms with E-state index in [4.69, 9.17) is 16.8 Å². The first-order valence-corrected chi connectivity index (χ1v) is 4.19. The van der Waals surface area contributed by atoms with Gasteiger partial charge in [0.25, 0.3) is 0 Å². The highest BCUT2D eigenvalue weighted by atomic mass is 35.5. The lowest BCUT2D eigenvalue weighted by molar-refractivity contribution is 0.318. The summed E-state index contributed by atoms with van der Waals surface area (Å²) in [6, 6.07) is 5.64. The number of oxime groups is 1. The lowest BCUT2D eigenvalue weighted by Gasteiger charge is -1.97. The average Bonchev–Trinajstić information content (AvgIpc) is 2.46. The molecule has 0 heterocycles. The van der Waals surface area contributed by atoms with Crippen molar-refractivity contribution in [3.05, 3.63) is 34.3 Å². The lowest BCUT2D eigenvalue weighted by atomic mass is 10.1. The van der Waals surface area contributed by atoms with E-state index in [0.29, 0.717) is 0 Å². The summed E-state index contributed by atoms with van der Waals surface area (Å²) in [7, 11) is 0. The van der Waals surface area contributed by atoms with Gasteiger partial charge in [-0.05, 0) is 30.5 Å². The van der Waals surface area contributed by atoms with Crippen LogP contribution in [-0.2, 0) is 6.42 Å². The summed E-state index contributed by atoms with van der Waals surface area (Å²) in [5.74, 6) is 0. The molecule has 2 nitrogen and oxygen atoms in total. The van der Waals surface area contributed by atoms with Crippen LogP contribution in [0.4, 0.5) is 0 Å². The van der Waals surface area contributed by atoms with Gasteiger partial charge in [0.1, 0.15) is 0 Å². The minimum atomic E-state index is 0.743. The Bertz CT molecular complexity index is 346. The third-order valence-corrected chi connectivity index (χ3v) is 2.37. The molecular weight excluding hydrogens is 174 g/mol. The predicted molar refractivity (Wildman–Crippen MR) is 48.1 cm³/mol. The molecule has 0 amide bonds. The summed E-state index contributed by atoms with van der Waals surface area (Å²) in [6.45, 7) is 0. The molecule has 12 heavy (non-hydrogen) atoms. The van der Waals surface area contributed by atoms with Gasteiger partial charge in [0.05, 0.1) is 5.71 Å². The van der Waals surface area contributed by atoms with Crippen LogP contribution in [0.25, 0.3) is 0 Å². The van der Waals surface area contributed by atoms with Crippen LogP contribution in [0, 0.1) is 0 Å². The van der Waals surface area contributed by atoms with Gasteiger partial charge in [-0.1, -0.05) is 22.8 Å². The average molecular weight is 182 g/mol. The molecule has 1 aliphatic rings. The van der Waals surface area contributed by atoms with E-state index < -0.39 is 0 Å². The van der Waals surface area contributed by atoms with Crippen LogP contribution < -0.4 is 0 Å². The standard InChI is InChI=1S/C9H8ClNO/c10-7-2-3-8-6(5-7)1-4-9(8)11-12/h2-3,5,12H,1,4H2/b11-9+. The Balaban J connectivity index is 2.55. The van der Waals surface area contributed by atoms with Gasteiger partial charge >= 0.3 is 0 Å². The number of halogens is 1. The number of hydrogen-bond donors (Lipinski definition) is 1. The van der Waals surface area contributed by atoms with Gasteiger partial charge in [0.2, 0.25) is 0 Å². The van der Waals surface area contributed by atoms with Crippen LogP contribution in [0.15, 0.2) is 23.4 Å². The van der Waals surface area contributed by atoms with Crippen molar-refractivity contribution >= 4 is 17.3 Å². The molecule has 3 heteroatoms. The van der Waals surface area contributed by atoms with E-state index in [2.05, 4.69) is 5.16 Å². The molecule has 0 unspecified atom stereocenters. The van der Waals surface area contributed by atoms with Crippen molar-refractivity contribution in [2.75, 3.05) is 0 Å². The second kappa shape index (κ2) is 2.79. The molecule has 0 fully saturated rings. The Hall–Kier alpha value is -1.02. The van der Waals surface area contributed by atoms with E-state index in [1.165, 1.54) is 5.56 Å². The number of fused-ring (bicyclic) bond motifs is 1. The Morgan fingerprint density at radius 1 is 1.33 bits per heavy atom. The normalized spacial score (nSPS) is 18.2. The van der Waals surface area contributed by atoms with Crippen LogP contribution >= 0.6 is 11.6 Å². The molecular formula is C9H8ClNO. The smallest absolute Gasteiger partial charge is 0.0873 e. The molecule has 0 saturated carbocycles. The maximum Gasteiger partial charge on any atom is 0.0873 e. The third kappa shape index (κ3) is 1.08. The molecule has 62 valence electrons. The Labute approximate surface area is 75.5 Å². The minimum Gasteiger partial charge on any atom is -0.411 e. The summed E-state index contributed by atoms with van der Waals surface area (Å²) in [5, 5.41) is 12.6. The van der Waals surface area contributed by atoms with Gasteiger partial charge in [0.15, 0.2) is 0 Å². The maximum atomic E-state index is 8.64. The highest BCUT2D eigenvalue weighted by Gasteiger charge is 2.17. The van der Waals surface area contributed by atoms with Gasteiger partial charge in [-0.25, -0.2) is 0 Å². The van der Waals surface area contributed by atoms with Crippen LogP contribution in [-0.4, -0.2) is 10.9 Å². The molecule has 2 rings (SSSR count). The largest absolute Gasteiger partial charge is 0.411 e. The SMILES string of the molecule is O/N=C1\CCc2cc(Cl)ccc21. The van der Waals surface area contributed by atoms with Crippen molar-refractivity contribution in [2.45, 2.75) is 12.8 Å². The second-order valence-corrected chi connectivity index (χ2v) is 3.28. The molecule has 1 aromatic rings. The number of nitrogens with zero attached hydrogens (tertiary/aromatic N) is 1. The number of benzene rings is 1. The van der Waals surface area contributed by atoms with Crippen molar-refractivity contribution in [3.8, 4) is 0 Å². The lowest BCUT2D eigenvalue weighted by Crippen LogP contribution is -1.92. The Kier molecular flexibility index (Phi) is 1.77. The molecule has 1 N–H and O–H groups in total. The first-order valence-electron chi connectivity index (χ1n) is 3.81. The van der Waals surface area contributed by atoms with E-state index in [9.17, 15) is 0 Å². The van der Waals surface area contributed by atoms with Gasteiger partial charge in [-0.2, -0.15) is 0 Å². The number of rotatable bonds is 0. The van der Waals surface area contributed by atoms with Gasteiger partial charge in [-0.3, -0.25) is 0 Å². The van der Waals surface area contributed by atoms with E-state index in [1.807, 2.05) is 18.2 Å². The fraction of sp³-hybridized carbons (Fsp3) is 0.222. The second-order valence-electron chi connectivity index (χ2n) is 2.85. The van der Waals surface area contributed by atoms with E-state index in [1.54, 1.807) is 0 Å². The summed E-state index contributed by atoms with van der Waals surface area (Å²) < 4.78 is 0. The fourth-order valence-electron chi connectivity index (χ4n) is 1.54. The van der Waals surface area contributed by atoms with Crippen molar-refractivity contribution < 1.29 is 5.21 Å². The monoisotopic (exact) mass is 181 g/mol. The van der Waals surface area contributed by atoms with Crippen LogP contribution in [0.3, 0.4) is 0 Å². The summed E-state index contributed by atoms with van der Waals surface area (Å²) in [6.07, 6.45) is 1.74. The first-order chi connectivity index (χ1) is 5.81. The maximum absolute atomic E-state index is 8.64. The number of hydrogen-bond acceptors (Lipinski definition) is 2. The van der Waals surface area contributed by atoms with Crippen LogP contribution in [0.1, 0.15) is 17.5 Å². The van der Waals surface area contributed by atoms with Gasteiger partial charge in [-0.15, -0.1) is 0 Å². The third-order valence-electron chi connectivity index (χ3n) is 2.13. The molecule has 0 saturated heterocycles. The topological polar surface area (TPSA) is 32.6 Å². The van der Waals surface area contributed by atoms with Crippen molar-refractivity contribution in [3.63, 3.8) is 0 Å².